The van der Waals surface area contributed by atoms with Gasteiger partial charge in [-0.15, -0.1) is 0 Å². The molecule has 1 aromatic heterocycles. The molecule has 0 fully saturated rings. The van der Waals surface area contributed by atoms with Crippen molar-refractivity contribution in [3.05, 3.63) is 62.0 Å². The fourth-order valence-corrected chi connectivity index (χ4v) is 3.25. The van der Waals surface area contributed by atoms with Crippen LogP contribution in [0.15, 0.2) is 44.3 Å². The van der Waals surface area contributed by atoms with Crippen molar-refractivity contribution in [2.24, 2.45) is 0 Å². The molecule has 0 spiro atoms. The minimum atomic E-state index is -1.67. The van der Waals surface area contributed by atoms with Crippen LogP contribution in [0.4, 0.5) is 0 Å². The first kappa shape index (κ1) is 19.9. The van der Waals surface area contributed by atoms with E-state index in [0.717, 1.165) is 12.1 Å². The number of benzene rings is 2. The average molecular weight is 422 g/mol. The lowest BCUT2D eigenvalue weighted by Crippen LogP contribution is -2.68. The molecule has 1 atom stereocenters. The van der Waals surface area contributed by atoms with Crippen molar-refractivity contribution in [2.45, 2.75) is 12.5 Å². The number of carboxylic acids is 2. The third kappa shape index (κ3) is 3.32. The Balaban J connectivity index is 2.04. The van der Waals surface area contributed by atoms with Crippen LogP contribution in [0.3, 0.4) is 0 Å². The fourth-order valence-electron chi connectivity index (χ4n) is 3.25. The molecule has 11 nitrogen and oxygen atoms in total. The van der Waals surface area contributed by atoms with Crippen molar-refractivity contribution in [3.63, 3.8) is 0 Å². The summed E-state index contributed by atoms with van der Waals surface area (Å²) >= 11 is 0. The Morgan fingerprint density at radius 2 is 1.87 bits per heavy atom. The van der Waals surface area contributed by atoms with Gasteiger partial charge in [0.25, 0.3) is 0 Å². The van der Waals surface area contributed by atoms with Crippen LogP contribution in [-0.4, -0.2) is 33.7 Å². The average Bonchev–Trinajstić information content (AvgIpc) is 2.71. The molecule has 4 N–H and O–H groups in total. The number of fused-ring (bicyclic) bond motifs is 4. The standard InChI is InChI=1S/C20H13N3O8/c21-8(19(27)28)4-10(24)7-2-1-3-13-16(7)23-18-14(31-13)6-12(26)17-15(18)11(25)5-9(22-17)20(29)30/h1-3,5-6,8H,4,21H2,(H,22,25)(H,27,28)(H,29,30)/p-1. The number of ketones is 1. The summed E-state index contributed by atoms with van der Waals surface area (Å²) in [7, 11) is 0. The first-order chi connectivity index (χ1) is 14.7. The molecule has 0 bridgehead atoms. The second-order valence-corrected chi connectivity index (χ2v) is 6.82. The van der Waals surface area contributed by atoms with Crippen LogP contribution in [0.2, 0.25) is 0 Å². The van der Waals surface area contributed by atoms with Gasteiger partial charge in [0, 0.05) is 17.7 Å². The molecule has 156 valence electrons. The summed E-state index contributed by atoms with van der Waals surface area (Å²) in [5, 5.41) is 21.8. The van der Waals surface area contributed by atoms with Crippen molar-refractivity contribution in [1.29, 1.82) is 0 Å². The Labute approximate surface area is 171 Å². The lowest BCUT2D eigenvalue weighted by Gasteiger charge is -2.13. The first-order valence-corrected chi connectivity index (χ1v) is 8.89. The zero-order valence-electron chi connectivity index (χ0n) is 15.6. The third-order valence-corrected chi connectivity index (χ3v) is 4.74. The number of H-pyrrole nitrogens is 1. The third-order valence-electron chi connectivity index (χ3n) is 4.74. The number of aromatic amines is 1. The zero-order valence-corrected chi connectivity index (χ0v) is 15.6. The van der Waals surface area contributed by atoms with Crippen LogP contribution in [0.1, 0.15) is 27.3 Å². The van der Waals surface area contributed by atoms with Crippen molar-refractivity contribution in [1.82, 2.24) is 9.97 Å². The number of carbonyl (C=O) groups excluding carboxylic acids is 3. The van der Waals surface area contributed by atoms with Crippen molar-refractivity contribution in [2.75, 3.05) is 0 Å². The number of para-hydroxylation sites is 1. The number of aliphatic carboxylic acids is 1. The second-order valence-electron chi connectivity index (χ2n) is 6.82. The number of carbonyl (C=O) groups is 3. The molecule has 0 amide bonds. The number of rotatable bonds is 5. The number of hydrogen-bond acceptors (Lipinski definition) is 9. The Bertz CT molecular complexity index is 1500. The van der Waals surface area contributed by atoms with Crippen molar-refractivity contribution >= 4 is 39.7 Å². The molecule has 4 rings (SSSR count). The number of pyridine rings is 1. The predicted molar refractivity (Wildman–Crippen MR) is 100.0 cm³/mol. The van der Waals surface area contributed by atoms with E-state index in [1.165, 1.54) is 18.2 Å². The van der Waals surface area contributed by atoms with E-state index in [1.807, 2.05) is 0 Å². The number of Topliss-reactive ketones (excluding diaryl/α,β-unsaturated/α-hetero) is 1. The molecule has 0 radical (unpaired) electrons. The van der Waals surface area contributed by atoms with E-state index in [9.17, 15) is 34.2 Å². The SMILES string of the molecule is [NH3+]C(CC(=O)c1cccc2oc3cc(=O)c4[nH]c(C(=O)[O-])cc(=O)c4c-3nc12)C(=O)[O-]. The molecule has 31 heavy (non-hydrogen) atoms. The highest BCUT2D eigenvalue weighted by atomic mass is 16.4. The highest BCUT2D eigenvalue weighted by Crippen LogP contribution is 2.29. The summed E-state index contributed by atoms with van der Waals surface area (Å²) in [6.07, 6.45) is -0.447. The first-order valence-electron chi connectivity index (χ1n) is 8.89. The Kier molecular flexibility index (Phi) is 4.59. The van der Waals surface area contributed by atoms with Gasteiger partial charge in [0.1, 0.15) is 22.8 Å². The maximum absolute atomic E-state index is 12.6. The largest absolute Gasteiger partial charge is 0.544 e. The Morgan fingerprint density at radius 3 is 2.55 bits per heavy atom. The quantitative estimate of drug-likeness (QED) is 0.197. The van der Waals surface area contributed by atoms with Gasteiger partial charge < -0.3 is 34.9 Å². The lowest BCUT2D eigenvalue weighted by molar-refractivity contribution is -0.435. The van der Waals surface area contributed by atoms with E-state index in [4.69, 9.17) is 4.42 Å². The molecule has 0 saturated carbocycles. The van der Waals surface area contributed by atoms with E-state index in [0.29, 0.717) is 0 Å². The van der Waals surface area contributed by atoms with Gasteiger partial charge in [0.2, 0.25) is 5.43 Å². The molecular formula is C20H12N3O8-. The van der Waals surface area contributed by atoms with Gasteiger partial charge in [-0.25, -0.2) is 4.98 Å². The summed E-state index contributed by atoms with van der Waals surface area (Å²) in [4.78, 5) is 66.3. The van der Waals surface area contributed by atoms with Crippen LogP contribution >= 0.6 is 0 Å². The molecule has 1 aliphatic carbocycles. The minimum absolute atomic E-state index is 0.0279. The van der Waals surface area contributed by atoms with Gasteiger partial charge in [-0.2, -0.15) is 0 Å². The van der Waals surface area contributed by atoms with E-state index < -0.39 is 46.7 Å². The molecule has 11 heteroatoms. The van der Waals surface area contributed by atoms with E-state index >= 15 is 0 Å². The van der Waals surface area contributed by atoms with Crippen LogP contribution in [0.5, 0.6) is 0 Å². The van der Waals surface area contributed by atoms with Gasteiger partial charge >= 0.3 is 0 Å². The van der Waals surface area contributed by atoms with Gasteiger partial charge in [-0.3, -0.25) is 14.4 Å². The Hall–Kier alpha value is -4.38. The van der Waals surface area contributed by atoms with Crippen LogP contribution in [-0.2, 0) is 4.79 Å². The summed E-state index contributed by atoms with van der Waals surface area (Å²) in [6, 6.07) is 4.89. The highest BCUT2D eigenvalue weighted by molar-refractivity contribution is 6.08. The topological polar surface area (TPSA) is 201 Å². The molecule has 2 aliphatic rings. The lowest BCUT2D eigenvalue weighted by atomic mass is 10.0. The molecule has 2 aromatic rings. The van der Waals surface area contributed by atoms with E-state index in [-0.39, 0.29) is 39.0 Å². The Morgan fingerprint density at radius 1 is 1.13 bits per heavy atom. The molecule has 1 unspecified atom stereocenters. The molecule has 0 saturated heterocycles. The molecular weight excluding hydrogens is 410 g/mol. The number of aromatic nitrogens is 2. The predicted octanol–water partition coefficient (Wildman–Crippen LogP) is -2.57. The normalized spacial score (nSPS) is 12.3. The van der Waals surface area contributed by atoms with Crippen LogP contribution in [0, 0.1) is 0 Å². The fraction of sp³-hybridized carbons (Fsp3) is 0.100. The summed E-state index contributed by atoms with van der Waals surface area (Å²) in [6.45, 7) is 0. The smallest absolute Gasteiger partial charge is 0.206 e. The molecule has 2 heterocycles. The monoisotopic (exact) mass is 422 g/mol. The highest BCUT2D eigenvalue weighted by Gasteiger charge is 2.23. The number of hydrogen-bond donors (Lipinski definition) is 2. The maximum Gasteiger partial charge on any atom is 0.206 e. The van der Waals surface area contributed by atoms with Crippen LogP contribution < -0.4 is 26.8 Å². The van der Waals surface area contributed by atoms with Crippen molar-refractivity contribution < 1.29 is 34.7 Å². The maximum atomic E-state index is 12.6. The van der Waals surface area contributed by atoms with Crippen LogP contribution in [0.25, 0.3) is 33.5 Å². The number of nitrogens with one attached hydrogen (secondary N) is 1. The number of carboxylic acid groups (broad SMARTS) is 2. The van der Waals surface area contributed by atoms with Gasteiger partial charge in [0.05, 0.1) is 29.4 Å². The summed E-state index contributed by atoms with van der Waals surface area (Å²) in [5.41, 5.74) is 1.08. The van der Waals surface area contributed by atoms with E-state index in [1.54, 1.807) is 0 Å². The second kappa shape index (κ2) is 7.15. The van der Waals surface area contributed by atoms with Gasteiger partial charge in [-0.1, -0.05) is 6.07 Å². The van der Waals surface area contributed by atoms with E-state index in [2.05, 4.69) is 15.7 Å². The number of aromatic carboxylic acids is 1. The summed E-state index contributed by atoms with van der Waals surface area (Å²) in [5.74, 6) is -3.79. The minimum Gasteiger partial charge on any atom is -0.544 e. The van der Waals surface area contributed by atoms with Gasteiger partial charge in [-0.05, 0) is 12.1 Å². The number of quaternary nitrogens is 1. The molecule has 1 aliphatic heterocycles. The summed E-state index contributed by atoms with van der Waals surface area (Å²) < 4.78 is 5.67. The number of nitrogens with zero attached hydrogens (tertiary/aromatic N) is 1. The molecule has 1 aromatic carbocycles. The zero-order chi connectivity index (χ0) is 22.4. The van der Waals surface area contributed by atoms with Crippen molar-refractivity contribution in [3.8, 4) is 11.5 Å². The van der Waals surface area contributed by atoms with Gasteiger partial charge in [0.15, 0.2) is 22.6 Å².